The number of piperidine rings is 2. The molecule has 2 fully saturated rings. The van der Waals surface area contributed by atoms with Crippen LogP contribution >= 0.6 is 11.6 Å². The van der Waals surface area contributed by atoms with Crippen molar-refractivity contribution in [2.45, 2.75) is 44.7 Å². The number of aromatic nitrogens is 4. The first-order valence-electron chi connectivity index (χ1n) is 13.1. The lowest BCUT2D eigenvalue weighted by Crippen LogP contribution is -2.34. The third-order valence-electron chi connectivity index (χ3n) is 6.77. The normalized spacial score (nSPS) is 16.1. The summed E-state index contributed by atoms with van der Waals surface area (Å²) < 4.78 is 38.4. The summed E-state index contributed by atoms with van der Waals surface area (Å²) in [6.07, 6.45) is 1.94. The first-order chi connectivity index (χ1) is 19.2. The van der Waals surface area contributed by atoms with Gasteiger partial charge in [0.1, 0.15) is 11.3 Å². The summed E-state index contributed by atoms with van der Waals surface area (Å²) in [6, 6.07) is 6.21. The first-order valence-corrected chi connectivity index (χ1v) is 13.5. The average molecular weight is 577 g/mol. The number of hydrogen-bond donors (Lipinski definition) is 3. The molecule has 4 heterocycles. The van der Waals surface area contributed by atoms with E-state index in [0.29, 0.717) is 29.6 Å². The van der Waals surface area contributed by atoms with Crippen LogP contribution in [0.2, 0.25) is 5.02 Å². The third-order valence-corrected chi connectivity index (χ3v) is 7.09. The lowest BCUT2D eigenvalue weighted by atomic mass is 10.1. The van der Waals surface area contributed by atoms with Crippen molar-refractivity contribution in [2.75, 3.05) is 46.6 Å². The van der Waals surface area contributed by atoms with Gasteiger partial charge in [0.2, 0.25) is 23.7 Å². The van der Waals surface area contributed by atoms with Crippen molar-refractivity contribution in [3.8, 4) is 5.88 Å². The van der Waals surface area contributed by atoms with Crippen LogP contribution in [-0.2, 0) is 6.18 Å². The molecule has 2 saturated heterocycles. The van der Waals surface area contributed by atoms with E-state index in [1.165, 1.54) is 18.9 Å². The van der Waals surface area contributed by atoms with E-state index in [1.807, 2.05) is 0 Å². The lowest BCUT2D eigenvalue weighted by Gasteiger charge is -2.30. The molecule has 0 unspecified atom stereocenters. The molecular weight excluding hydrogens is 549 g/mol. The van der Waals surface area contributed by atoms with Gasteiger partial charge in [-0.15, -0.1) is 0 Å². The minimum Gasteiger partial charge on any atom is -0.493 e. The Morgan fingerprint density at radius 3 is 1.98 bits per heavy atom. The molecule has 2 aliphatic rings. The van der Waals surface area contributed by atoms with Gasteiger partial charge in [-0.3, -0.25) is 4.79 Å². The van der Waals surface area contributed by atoms with Crippen LogP contribution in [0.25, 0.3) is 0 Å². The number of halogens is 4. The second-order valence-corrected chi connectivity index (χ2v) is 10.1. The number of benzene rings is 1. The van der Waals surface area contributed by atoms with E-state index in [2.05, 4.69) is 35.4 Å². The number of pyridine rings is 1. The predicted molar refractivity (Wildman–Crippen MR) is 146 cm³/mol. The van der Waals surface area contributed by atoms with Crippen LogP contribution in [0.15, 0.2) is 30.3 Å². The number of carbonyl (C=O) groups excluding carboxylic acids is 1. The second kappa shape index (κ2) is 11.7. The molecule has 0 saturated carbocycles. The number of nitrogens with one attached hydrogen (secondary N) is 2. The molecule has 0 aliphatic carbocycles. The molecule has 0 bridgehead atoms. The van der Waals surface area contributed by atoms with Gasteiger partial charge >= 0.3 is 6.18 Å². The summed E-state index contributed by atoms with van der Waals surface area (Å²) in [5.41, 5.74) is -0.982. The van der Waals surface area contributed by atoms with Gasteiger partial charge < -0.3 is 25.5 Å². The highest BCUT2D eigenvalue weighted by atomic mass is 35.5. The SMILES string of the molecule is O=C(Nc1ccc(Nc2nc(N3CCCCC3)nc(N3CCCCC3)n2)cc1Cl)c1ccc(C(F)(F)F)nc1O. The molecule has 3 N–H and O–H groups in total. The fraction of sp³-hybridized carbons (Fsp3) is 0.423. The summed E-state index contributed by atoms with van der Waals surface area (Å²) in [5, 5.41) is 15.7. The first kappa shape index (κ1) is 27.7. The van der Waals surface area contributed by atoms with Crippen LogP contribution in [0.4, 0.5) is 42.4 Å². The van der Waals surface area contributed by atoms with E-state index in [9.17, 15) is 23.1 Å². The molecule has 5 rings (SSSR count). The van der Waals surface area contributed by atoms with Gasteiger partial charge in [0.15, 0.2) is 0 Å². The highest BCUT2D eigenvalue weighted by molar-refractivity contribution is 6.34. The number of hydrogen-bond acceptors (Lipinski definition) is 9. The van der Waals surface area contributed by atoms with Crippen molar-refractivity contribution in [1.29, 1.82) is 0 Å². The van der Waals surface area contributed by atoms with E-state index < -0.39 is 29.2 Å². The summed E-state index contributed by atoms with van der Waals surface area (Å²) in [4.78, 5) is 34.1. The molecule has 1 amide bonds. The minimum absolute atomic E-state index is 0.152. The highest BCUT2D eigenvalue weighted by Gasteiger charge is 2.33. The maximum Gasteiger partial charge on any atom is 0.433 e. The molecule has 0 atom stereocenters. The van der Waals surface area contributed by atoms with Crippen molar-refractivity contribution in [2.24, 2.45) is 0 Å². The molecule has 2 aliphatic heterocycles. The Hall–Kier alpha value is -3.87. The van der Waals surface area contributed by atoms with E-state index >= 15 is 0 Å². The van der Waals surface area contributed by atoms with Crippen molar-refractivity contribution >= 4 is 46.7 Å². The monoisotopic (exact) mass is 576 g/mol. The quantitative estimate of drug-likeness (QED) is 0.343. The predicted octanol–water partition coefficient (Wildman–Crippen LogP) is 5.62. The molecule has 0 spiro atoms. The van der Waals surface area contributed by atoms with Crippen LogP contribution in [0.5, 0.6) is 5.88 Å². The zero-order valence-corrected chi connectivity index (χ0v) is 22.3. The second-order valence-electron chi connectivity index (χ2n) is 9.69. The third kappa shape index (κ3) is 6.46. The summed E-state index contributed by atoms with van der Waals surface area (Å²) in [6.45, 7) is 3.53. The lowest BCUT2D eigenvalue weighted by molar-refractivity contribution is -0.141. The van der Waals surface area contributed by atoms with E-state index in [-0.39, 0.29) is 10.7 Å². The van der Waals surface area contributed by atoms with Crippen LogP contribution in [-0.4, -0.2) is 57.1 Å². The highest BCUT2D eigenvalue weighted by Crippen LogP contribution is 2.32. The number of anilines is 5. The molecule has 212 valence electrons. The Morgan fingerprint density at radius 2 is 1.45 bits per heavy atom. The molecule has 1 aromatic carbocycles. The topological polar surface area (TPSA) is 119 Å². The van der Waals surface area contributed by atoms with Gasteiger partial charge in [0.25, 0.3) is 5.91 Å². The molecule has 14 heteroatoms. The van der Waals surface area contributed by atoms with Crippen molar-refractivity contribution < 1.29 is 23.1 Å². The number of nitrogens with zero attached hydrogens (tertiary/aromatic N) is 6. The molecule has 40 heavy (non-hydrogen) atoms. The zero-order chi connectivity index (χ0) is 28.3. The molecule has 0 radical (unpaired) electrons. The smallest absolute Gasteiger partial charge is 0.433 e. The number of rotatable bonds is 6. The maximum atomic E-state index is 12.8. The van der Waals surface area contributed by atoms with Crippen LogP contribution in [0, 0.1) is 0 Å². The molecular formula is C26H28ClF3N8O2. The van der Waals surface area contributed by atoms with Crippen molar-refractivity contribution in [1.82, 2.24) is 19.9 Å². The number of aromatic hydroxyl groups is 1. The van der Waals surface area contributed by atoms with Crippen LogP contribution < -0.4 is 20.4 Å². The van der Waals surface area contributed by atoms with Gasteiger partial charge in [-0.2, -0.15) is 28.1 Å². The van der Waals surface area contributed by atoms with Crippen LogP contribution in [0.3, 0.4) is 0 Å². The summed E-state index contributed by atoms with van der Waals surface area (Å²) in [7, 11) is 0. The van der Waals surface area contributed by atoms with Gasteiger partial charge in [0.05, 0.1) is 10.7 Å². The maximum absolute atomic E-state index is 12.8. The van der Waals surface area contributed by atoms with Gasteiger partial charge in [-0.1, -0.05) is 11.6 Å². The summed E-state index contributed by atoms with van der Waals surface area (Å²) in [5.74, 6) is -0.290. The van der Waals surface area contributed by atoms with Crippen LogP contribution in [0.1, 0.15) is 54.6 Å². The molecule has 3 aromatic rings. The largest absolute Gasteiger partial charge is 0.493 e. The Morgan fingerprint density at radius 1 is 0.850 bits per heavy atom. The minimum atomic E-state index is -4.75. The number of amides is 1. The number of carbonyl (C=O) groups is 1. The zero-order valence-electron chi connectivity index (χ0n) is 21.5. The van der Waals surface area contributed by atoms with Gasteiger partial charge in [-0.05, 0) is 68.9 Å². The van der Waals surface area contributed by atoms with E-state index in [4.69, 9.17) is 16.6 Å². The summed E-state index contributed by atoms with van der Waals surface area (Å²) >= 11 is 6.41. The Balaban J connectivity index is 1.34. The molecule has 10 nitrogen and oxygen atoms in total. The number of alkyl halides is 3. The van der Waals surface area contributed by atoms with E-state index in [0.717, 1.165) is 57.9 Å². The molecule has 2 aromatic heterocycles. The van der Waals surface area contributed by atoms with Crippen molar-refractivity contribution in [3.05, 3.63) is 46.6 Å². The van der Waals surface area contributed by atoms with E-state index in [1.54, 1.807) is 12.1 Å². The average Bonchev–Trinajstić information content (AvgIpc) is 2.94. The fourth-order valence-electron chi connectivity index (χ4n) is 4.68. The Bertz CT molecular complexity index is 1340. The van der Waals surface area contributed by atoms with Gasteiger partial charge in [0, 0.05) is 31.9 Å². The standard InChI is InChI=1S/C26H28ClF3N8O2/c27-18-15-16(7-9-19(18)32-21(39)17-8-10-20(26(28,29)30)33-22(17)40)31-23-34-24(37-11-3-1-4-12-37)36-25(35-23)38-13-5-2-6-14-38/h7-10,15H,1-6,11-14H2,(H,32,39)(H,33,40)(H,31,34,35,36). The van der Waals surface area contributed by atoms with Crippen molar-refractivity contribution in [3.63, 3.8) is 0 Å². The fourth-order valence-corrected chi connectivity index (χ4v) is 4.90. The Labute approximate surface area is 233 Å². The Kier molecular flexibility index (Phi) is 8.10. The van der Waals surface area contributed by atoms with Gasteiger partial charge in [-0.25, -0.2) is 4.98 Å².